The van der Waals surface area contributed by atoms with Gasteiger partial charge in [-0.05, 0) is 35.0 Å². The number of nitrogens with zero attached hydrogens (tertiary/aromatic N) is 1. The molecule has 0 aliphatic carbocycles. The van der Waals surface area contributed by atoms with E-state index in [9.17, 15) is 13.6 Å². The normalized spacial score (nSPS) is 11.9. The summed E-state index contributed by atoms with van der Waals surface area (Å²) in [4.78, 5) is 10.9. The van der Waals surface area contributed by atoms with Gasteiger partial charge in [-0.1, -0.05) is 0 Å². The first kappa shape index (κ1) is 12.8. The SMILES string of the molecule is CC(=O)CC(C#N)c1cc(F)c(Br)cc1F. The Bertz CT molecular complexity index is 468. The van der Waals surface area contributed by atoms with Crippen molar-refractivity contribution in [1.82, 2.24) is 0 Å². The number of rotatable bonds is 3. The average molecular weight is 288 g/mol. The van der Waals surface area contributed by atoms with Crippen molar-refractivity contribution in [3.63, 3.8) is 0 Å². The average Bonchev–Trinajstić information content (AvgIpc) is 2.20. The van der Waals surface area contributed by atoms with Crippen LogP contribution in [0.5, 0.6) is 0 Å². The second-order valence-electron chi connectivity index (χ2n) is 3.38. The summed E-state index contributed by atoms with van der Waals surface area (Å²) >= 11 is 2.84. The predicted octanol–water partition coefficient (Wildman–Crippen LogP) is 3.31. The Morgan fingerprint density at radius 2 is 2.12 bits per heavy atom. The minimum absolute atomic E-state index is 0.00624. The lowest BCUT2D eigenvalue weighted by molar-refractivity contribution is -0.117. The van der Waals surface area contributed by atoms with Crippen molar-refractivity contribution in [3.8, 4) is 6.07 Å². The van der Waals surface area contributed by atoms with Crippen molar-refractivity contribution in [2.45, 2.75) is 19.3 Å². The second kappa shape index (κ2) is 5.17. The van der Waals surface area contributed by atoms with Crippen molar-refractivity contribution in [3.05, 3.63) is 33.8 Å². The summed E-state index contributed by atoms with van der Waals surface area (Å²) in [5.41, 5.74) is -0.0848. The molecule has 0 amide bonds. The molecule has 0 aliphatic rings. The molecule has 16 heavy (non-hydrogen) atoms. The zero-order chi connectivity index (χ0) is 12.3. The van der Waals surface area contributed by atoms with Crippen LogP contribution < -0.4 is 0 Å². The Labute approximate surface area is 100 Å². The zero-order valence-electron chi connectivity index (χ0n) is 8.43. The van der Waals surface area contributed by atoms with E-state index in [1.807, 2.05) is 0 Å². The van der Waals surface area contributed by atoms with Gasteiger partial charge in [-0.2, -0.15) is 5.26 Å². The van der Waals surface area contributed by atoms with Gasteiger partial charge in [0, 0.05) is 12.0 Å². The predicted molar refractivity (Wildman–Crippen MR) is 57.7 cm³/mol. The van der Waals surface area contributed by atoms with Crippen molar-refractivity contribution < 1.29 is 13.6 Å². The molecule has 0 heterocycles. The van der Waals surface area contributed by atoms with Gasteiger partial charge in [-0.3, -0.25) is 4.79 Å². The van der Waals surface area contributed by atoms with E-state index in [2.05, 4.69) is 15.9 Å². The van der Waals surface area contributed by atoms with Crippen LogP contribution in [0, 0.1) is 23.0 Å². The van der Waals surface area contributed by atoms with E-state index in [1.54, 1.807) is 6.07 Å². The molecule has 0 bridgehead atoms. The van der Waals surface area contributed by atoms with Gasteiger partial charge in [0.25, 0.3) is 0 Å². The molecule has 0 aliphatic heterocycles. The molecule has 1 atom stereocenters. The van der Waals surface area contributed by atoms with E-state index in [4.69, 9.17) is 5.26 Å². The van der Waals surface area contributed by atoms with Crippen LogP contribution in [-0.4, -0.2) is 5.78 Å². The fraction of sp³-hybridized carbons (Fsp3) is 0.273. The van der Waals surface area contributed by atoms with Crippen LogP contribution >= 0.6 is 15.9 Å². The minimum Gasteiger partial charge on any atom is -0.300 e. The molecule has 5 heteroatoms. The molecule has 0 fully saturated rings. The maximum Gasteiger partial charge on any atom is 0.137 e. The fourth-order valence-corrected chi connectivity index (χ4v) is 1.63. The number of carbonyl (C=O) groups excluding carboxylic acids is 1. The number of nitriles is 1. The number of hydrogen-bond donors (Lipinski definition) is 0. The quantitative estimate of drug-likeness (QED) is 0.800. The topological polar surface area (TPSA) is 40.9 Å². The van der Waals surface area contributed by atoms with Crippen LogP contribution in [0.1, 0.15) is 24.8 Å². The number of carbonyl (C=O) groups is 1. The van der Waals surface area contributed by atoms with Gasteiger partial charge in [0.05, 0.1) is 16.5 Å². The number of benzene rings is 1. The molecule has 0 aromatic heterocycles. The van der Waals surface area contributed by atoms with Crippen molar-refractivity contribution >= 4 is 21.7 Å². The van der Waals surface area contributed by atoms with E-state index < -0.39 is 17.6 Å². The van der Waals surface area contributed by atoms with Crippen LogP contribution in [0.2, 0.25) is 0 Å². The summed E-state index contributed by atoms with van der Waals surface area (Å²) in [6.45, 7) is 1.30. The van der Waals surface area contributed by atoms with Gasteiger partial charge >= 0.3 is 0 Å². The summed E-state index contributed by atoms with van der Waals surface area (Å²) in [5, 5.41) is 8.81. The molecule has 0 N–H and O–H groups in total. The standard InChI is InChI=1S/C11H8BrF2NO/c1-6(16)2-7(5-15)8-3-11(14)9(12)4-10(8)13/h3-4,7H,2H2,1H3. The molecule has 0 saturated carbocycles. The Morgan fingerprint density at radius 3 is 2.62 bits per heavy atom. The first-order valence-corrected chi connectivity index (χ1v) is 5.28. The molecular weight excluding hydrogens is 280 g/mol. The largest absolute Gasteiger partial charge is 0.300 e. The fourth-order valence-electron chi connectivity index (χ4n) is 1.32. The lowest BCUT2D eigenvalue weighted by Gasteiger charge is -2.09. The molecule has 84 valence electrons. The van der Waals surface area contributed by atoms with Crippen LogP contribution in [0.4, 0.5) is 8.78 Å². The molecule has 0 spiro atoms. The number of hydrogen-bond acceptors (Lipinski definition) is 2. The maximum absolute atomic E-state index is 13.5. The molecular formula is C11H8BrF2NO. The molecule has 1 aromatic carbocycles. The van der Waals surface area contributed by atoms with Gasteiger partial charge in [-0.25, -0.2) is 8.78 Å². The maximum atomic E-state index is 13.5. The third-order valence-corrected chi connectivity index (χ3v) is 2.67. The zero-order valence-corrected chi connectivity index (χ0v) is 10.0. The Hall–Kier alpha value is -1.28. The van der Waals surface area contributed by atoms with Crippen LogP contribution in [0.25, 0.3) is 0 Å². The molecule has 0 radical (unpaired) electrons. The summed E-state index contributed by atoms with van der Waals surface area (Å²) in [6.07, 6.45) is -0.117. The van der Waals surface area contributed by atoms with Crippen molar-refractivity contribution in [2.24, 2.45) is 0 Å². The van der Waals surface area contributed by atoms with E-state index >= 15 is 0 Å². The summed E-state index contributed by atoms with van der Waals surface area (Å²) < 4.78 is 26.6. The highest BCUT2D eigenvalue weighted by Gasteiger charge is 2.19. The highest BCUT2D eigenvalue weighted by Crippen LogP contribution is 2.27. The first-order valence-electron chi connectivity index (χ1n) is 4.49. The van der Waals surface area contributed by atoms with E-state index in [0.717, 1.165) is 12.1 Å². The highest BCUT2D eigenvalue weighted by atomic mass is 79.9. The van der Waals surface area contributed by atoms with Gasteiger partial charge in [0.1, 0.15) is 17.4 Å². The van der Waals surface area contributed by atoms with Gasteiger partial charge in [0.15, 0.2) is 0 Å². The third-order valence-electron chi connectivity index (χ3n) is 2.06. The summed E-state index contributed by atoms with van der Waals surface area (Å²) in [6, 6.07) is 3.69. The molecule has 2 nitrogen and oxygen atoms in total. The lowest BCUT2D eigenvalue weighted by atomic mass is 9.95. The summed E-state index contributed by atoms with van der Waals surface area (Å²) in [7, 11) is 0. The van der Waals surface area contributed by atoms with Crippen LogP contribution in [0.3, 0.4) is 0 Å². The molecule has 1 unspecified atom stereocenters. The van der Waals surface area contributed by atoms with Crippen LogP contribution in [-0.2, 0) is 4.79 Å². The number of Topliss-reactive ketones (excluding diaryl/α,β-unsaturated/α-hetero) is 1. The molecule has 1 rings (SSSR count). The van der Waals surface area contributed by atoms with Gasteiger partial charge in [0.2, 0.25) is 0 Å². The number of halogens is 3. The molecule has 0 saturated heterocycles. The van der Waals surface area contributed by atoms with Gasteiger partial charge < -0.3 is 0 Å². The molecule has 1 aromatic rings. The van der Waals surface area contributed by atoms with E-state index in [0.29, 0.717) is 0 Å². The highest BCUT2D eigenvalue weighted by molar-refractivity contribution is 9.10. The Kier molecular flexibility index (Phi) is 4.13. The third kappa shape index (κ3) is 2.86. The second-order valence-corrected chi connectivity index (χ2v) is 4.23. The van der Waals surface area contributed by atoms with Crippen molar-refractivity contribution in [2.75, 3.05) is 0 Å². The monoisotopic (exact) mass is 287 g/mol. The minimum atomic E-state index is -0.944. The van der Waals surface area contributed by atoms with E-state index in [1.165, 1.54) is 6.92 Å². The lowest BCUT2D eigenvalue weighted by Crippen LogP contribution is -2.05. The van der Waals surface area contributed by atoms with Gasteiger partial charge in [-0.15, -0.1) is 0 Å². The summed E-state index contributed by atoms with van der Waals surface area (Å²) in [5.74, 6) is -2.53. The van der Waals surface area contributed by atoms with Crippen LogP contribution in [0.15, 0.2) is 16.6 Å². The van der Waals surface area contributed by atoms with Crippen molar-refractivity contribution in [1.29, 1.82) is 5.26 Å². The number of ketones is 1. The first-order chi connectivity index (χ1) is 7.45. The smallest absolute Gasteiger partial charge is 0.137 e. The Morgan fingerprint density at radius 1 is 1.50 bits per heavy atom. The van der Waals surface area contributed by atoms with E-state index in [-0.39, 0.29) is 22.2 Å². The Balaban J connectivity index is 3.16.